The number of ether oxygens (including phenoxy) is 2. The van der Waals surface area contributed by atoms with Gasteiger partial charge in [-0.15, -0.1) is 0 Å². The van der Waals surface area contributed by atoms with Crippen molar-refractivity contribution in [2.45, 2.75) is 31.4 Å². The van der Waals surface area contributed by atoms with Crippen LogP contribution in [0.25, 0.3) is 0 Å². The highest BCUT2D eigenvalue weighted by molar-refractivity contribution is 6.43. The van der Waals surface area contributed by atoms with E-state index in [2.05, 4.69) is 10.2 Å². The molecule has 2 N–H and O–H groups in total. The van der Waals surface area contributed by atoms with Gasteiger partial charge in [0.2, 0.25) is 0 Å². The zero-order chi connectivity index (χ0) is 22.6. The number of hydrogen-bond donors (Lipinski definition) is 2. The van der Waals surface area contributed by atoms with Crippen molar-refractivity contribution in [1.82, 2.24) is 4.90 Å². The minimum Gasteiger partial charge on any atom is -0.453 e. The fourth-order valence-electron chi connectivity index (χ4n) is 4.10. The molecule has 1 saturated heterocycles. The molecule has 0 radical (unpaired) electrons. The topological polar surface area (TPSA) is 74.7 Å². The van der Waals surface area contributed by atoms with Crippen molar-refractivity contribution in [3.8, 4) is 0 Å². The highest BCUT2D eigenvalue weighted by Gasteiger charge is 2.43. The second-order valence-electron chi connectivity index (χ2n) is 8.32. The molecule has 2 aliphatic rings. The molecule has 4 rings (SSSR count). The third kappa shape index (κ3) is 5.44. The second kappa shape index (κ2) is 10.2. The lowest BCUT2D eigenvalue weighted by Crippen LogP contribution is -2.54. The molecule has 2 aromatic rings. The van der Waals surface area contributed by atoms with Crippen molar-refractivity contribution in [3.05, 3.63) is 63.6 Å². The maximum Gasteiger partial charge on any atom is 0.357 e. The smallest absolute Gasteiger partial charge is 0.357 e. The number of benzene rings is 2. The van der Waals surface area contributed by atoms with E-state index >= 15 is 0 Å². The molecule has 0 spiro atoms. The van der Waals surface area contributed by atoms with E-state index in [0.717, 1.165) is 37.9 Å². The molecule has 0 unspecified atom stereocenters. The monoisotopic (exact) mass is 475 g/mol. The van der Waals surface area contributed by atoms with E-state index in [1.165, 1.54) is 0 Å². The number of carbonyl (C=O) groups is 1. The van der Waals surface area contributed by atoms with Crippen LogP contribution in [0.2, 0.25) is 10.0 Å². The van der Waals surface area contributed by atoms with Crippen LogP contribution in [-0.2, 0) is 20.8 Å². The Morgan fingerprint density at radius 2 is 1.91 bits per heavy atom. The molecular formula is C24H27Cl2N3O3. The quantitative estimate of drug-likeness (QED) is 0.424. The van der Waals surface area contributed by atoms with Crippen molar-refractivity contribution in [1.29, 1.82) is 5.41 Å². The summed E-state index contributed by atoms with van der Waals surface area (Å²) in [5.41, 5.74) is 1.40. The van der Waals surface area contributed by atoms with Gasteiger partial charge >= 0.3 is 5.97 Å². The van der Waals surface area contributed by atoms with Gasteiger partial charge in [0.15, 0.2) is 0 Å². The number of hydrogen-bond acceptors (Lipinski definition) is 6. The van der Waals surface area contributed by atoms with E-state index in [1.807, 2.05) is 24.3 Å². The van der Waals surface area contributed by atoms with Crippen LogP contribution in [0.1, 0.15) is 30.4 Å². The van der Waals surface area contributed by atoms with Gasteiger partial charge in [-0.05, 0) is 43.0 Å². The summed E-state index contributed by atoms with van der Waals surface area (Å²) in [5, 5.41) is 13.0. The maximum absolute atomic E-state index is 13.0. The Kier molecular flexibility index (Phi) is 7.36. The lowest BCUT2D eigenvalue weighted by molar-refractivity contribution is -0.165. The van der Waals surface area contributed by atoms with Gasteiger partial charge in [0.25, 0.3) is 0 Å². The number of para-hydroxylation sites is 1. The van der Waals surface area contributed by atoms with Crippen molar-refractivity contribution in [2.75, 3.05) is 38.2 Å². The van der Waals surface area contributed by atoms with Crippen LogP contribution in [0.15, 0.2) is 42.5 Å². The molecule has 6 nitrogen and oxygen atoms in total. The number of nitrogens with one attached hydrogen (secondary N) is 2. The number of morpholine rings is 1. The Morgan fingerprint density at radius 3 is 2.59 bits per heavy atom. The summed E-state index contributed by atoms with van der Waals surface area (Å²) < 4.78 is 11.4. The summed E-state index contributed by atoms with van der Waals surface area (Å²) in [5.74, 6) is -0.586. The summed E-state index contributed by atoms with van der Waals surface area (Å²) >= 11 is 12.2. The van der Waals surface area contributed by atoms with Crippen molar-refractivity contribution >= 4 is 40.6 Å². The maximum atomic E-state index is 13.0. The summed E-state index contributed by atoms with van der Waals surface area (Å²) in [6.45, 7) is 4.24. The van der Waals surface area contributed by atoms with Gasteiger partial charge in [-0.2, -0.15) is 0 Å². The van der Waals surface area contributed by atoms with Gasteiger partial charge < -0.3 is 14.8 Å². The predicted molar refractivity (Wildman–Crippen MR) is 127 cm³/mol. The third-order valence-corrected chi connectivity index (χ3v) is 6.66. The first kappa shape index (κ1) is 23.1. The molecule has 170 valence electrons. The largest absolute Gasteiger partial charge is 0.453 e. The van der Waals surface area contributed by atoms with Gasteiger partial charge in [-0.1, -0.05) is 47.5 Å². The van der Waals surface area contributed by atoms with E-state index in [4.69, 9.17) is 38.1 Å². The Hall–Kier alpha value is -2.12. The SMILES string of the molecule is N=C(C(=O)OC1(CN2CCOCC2)CCC1)c1ccccc1NCc1ccc(Cl)cc1Cl. The molecule has 2 fully saturated rings. The fourth-order valence-corrected chi connectivity index (χ4v) is 4.57. The van der Waals surface area contributed by atoms with Crippen LogP contribution in [0.5, 0.6) is 0 Å². The van der Waals surface area contributed by atoms with Gasteiger partial charge in [-0.3, -0.25) is 10.3 Å². The molecule has 1 heterocycles. The zero-order valence-electron chi connectivity index (χ0n) is 17.8. The zero-order valence-corrected chi connectivity index (χ0v) is 19.3. The average molecular weight is 476 g/mol. The van der Waals surface area contributed by atoms with Crippen LogP contribution in [0, 0.1) is 5.41 Å². The minimum atomic E-state index is -0.586. The number of anilines is 1. The van der Waals surface area contributed by atoms with Crippen LogP contribution >= 0.6 is 23.2 Å². The van der Waals surface area contributed by atoms with E-state index in [9.17, 15) is 4.79 Å². The van der Waals surface area contributed by atoms with E-state index < -0.39 is 11.6 Å². The predicted octanol–water partition coefficient (Wildman–Crippen LogP) is 4.77. The van der Waals surface area contributed by atoms with Gasteiger partial charge in [0.05, 0.1) is 13.2 Å². The first-order valence-electron chi connectivity index (χ1n) is 10.8. The Morgan fingerprint density at radius 1 is 1.16 bits per heavy atom. The standard InChI is InChI=1S/C24H27Cl2N3O3/c25-18-7-6-17(20(26)14-18)15-28-21-5-2-1-4-19(21)22(27)23(30)32-24(8-3-9-24)16-29-10-12-31-13-11-29/h1-2,4-7,14,27-28H,3,8-13,15-16H2. The van der Waals surface area contributed by atoms with Crippen molar-refractivity contribution in [2.24, 2.45) is 0 Å². The summed E-state index contributed by atoms with van der Waals surface area (Å²) in [6.07, 6.45) is 2.70. The average Bonchev–Trinajstić information content (AvgIpc) is 2.77. The fraction of sp³-hybridized carbons (Fsp3) is 0.417. The molecule has 2 aromatic carbocycles. The van der Waals surface area contributed by atoms with Gasteiger partial charge in [-0.25, -0.2) is 4.79 Å². The molecule has 1 aliphatic heterocycles. The minimum absolute atomic E-state index is 0.149. The van der Waals surface area contributed by atoms with Crippen molar-refractivity contribution in [3.63, 3.8) is 0 Å². The van der Waals surface area contributed by atoms with E-state index in [1.54, 1.807) is 18.2 Å². The van der Waals surface area contributed by atoms with Gasteiger partial charge in [0.1, 0.15) is 11.3 Å². The molecular weight excluding hydrogens is 449 g/mol. The summed E-state index contributed by atoms with van der Waals surface area (Å²) in [6, 6.07) is 12.6. The Bertz CT molecular complexity index is 988. The number of esters is 1. The van der Waals surface area contributed by atoms with Crippen LogP contribution in [-0.4, -0.2) is 55.0 Å². The molecule has 1 aliphatic carbocycles. The molecule has 0 bridgehead atoms. The normalized spacial score (nSPS) is 17.9. The number of rotatable bonds is 8. The lowest BCUT2D eigenvalue weighted by Gasteiger charge is -2.44. The second-order valence-corrected chi connectivity index (χ2v) is 9.17. The highest BCUT2D eigenvalue weighted by Crippen LogP contribution is 2.37. The number of carbonyl (C=O) groups excluding carboxylic acids is 1. The van der Waals surface area contributed by atoms with Crippen molar-refractivity contribution < 1.29 is 14.3 Å². The molecule has 1 saturated carbocycles. The molecule has 0 amide bonds. The first-order chi connectivity index (χ1) is 15.5. The third-order valence-electron chi connectivity index (χ3n) is 6.07. The summed E-state index contributed by atoms with van der Waals surface area (Å²) in [7, 11) is 0. The van der Waals surface area contributed by atoms with E-state index in [-0.39, 0.29) is 5.71 Å². The van der Waals surface area contributed by atoms with E-state index in [0.29, 0.717) is 47.6 Å². The lowest BCUT2D eigenvalue weighted by atomic mass is 9.79. The molecule has 0 aromatic heterocycles. The molecule has 32 heavy (non-hydrogen) atoms. The number of nitrogens with zero attached hydrogens (tertiary/aromatic N) is 1. The summed E-state index contributed by atoms with van der Waals surface area (Å²) in [4.78, 5) is 15.2. The Balaban J connectivity index is 1.42. The Labute approximate surface area is 198 Å². The van der Waals surface area contributed by atoms with Crippen LogP contribution in [0.3, 0.4) is 0 Å². The highest BCUT2D eigenvalue weighted by atomic mass is 35.5. The first-order valence-corrected chi connectivity index (χ1v) is 11.6. The molecule has 0 atom stereocenters. The molecule has 8 heteroatoms. The van der Waals surface area contributed by atoms with Crippen LogP contribution < -0.4 is 5.32 Å². The van der Waals surface area contributed by atoms with Gasteiger partial charge in [0, 0.05) is 47.5 Å². The number of halogens is 2. The van der Waals surface area contributed by atoms with Crippen LogP contribution in [0.4, 0.5) is 5.69 Å².